The zero-order chi connectivity index (χ0) is 13.0. The summed E-state index contributed by atoms with van der Waals surface area (Å²) in [6.07, 6.45) is 2.44. The van der Waals surface area contributed by atoms with E-state index in [1.165, 1.54) is 5.56 Å². The Hall–Kier alpha value is -1.35. The summed E-state index contributed by atoms with van der Waals surface area (Å²) in [5.41, 5.74) is 1.26. The van der Waals surface area contributed by atoms with Gasteiger partial charge in [-0.25, -0.2) is 9.67 Å². The molecule has 1 heterocycles. The molecule has 1 aromatic carbocycles. The summed E-state index contributed by atoms with van der Waals surface area (Å²) in [7, 11) is 0. The Balaban J connectivity index is 2.18. The minimum atomic E-state index is 0.287. The van der Waals surface area contributed by atoms with E-state index in [0.29, 0.717) is 11.9 Å². The van der Waals surface area contributed by atoms with Crippen LogP contribution in [0.1, 0.15) is 37.2 Å². The molecule has 1 atom stereocenters. The van der Waals surface area contributed by atoms with E-state index >= 15 is 0 Å². The smallest absolute Gasteiger partial charge is 0.138 e. The van der Waals surface area contributed by atoms with Crippen molar-refractivity contribution in [2.45, 2.75) is 32.2 Å². The van der Waals surface area contributed by atoms with Crippen molar-refractivity contribution in [1.29, 1.82) is 0 Å². The third kappa shape index (κ3) is 2.91. The maximum Gasteiger partial charge on any atom is 0.138 e. The molecule has 1 aromatic heterocycles. The Morgan fingerprint density at radius 1 is 1.22 bits per heavy atom. The molecule has 0 saturated carbocycles. The number of aromatic nitrogens is 3. The fraction of sp³-hybridized carbons (Fsp3) is 0.429. The lowest BCUT2D eigenvalue weighted by molar-refractivity contribution is 0.496. The van der Waals surface area contributed by atoms with Gasteiger partial charge < -0.3 is 0 Å². The standard InChI is InChI=1S/C14H18ClN3/c1-11(2)18-14(16-10-17-18)8-13(9-15)12-6-4-3-5-7-12/h3-7,10-11,13H,8-9H2,1-2H3. The van der Waals surface area contributed by atoms with Gasteiger partial charge in [0.05, 0.1) is 0 Å². The van der Waals surface area contributed by atoms with E-state index in [1.807, 2.05) is 22.9 Å². The second kappa shape index (κ2) is 6.01. The van der Waals surface area contributed by atoms with E-state index in [0.717, 1.165) is 12.2 Å². The monoisotopic (exact) mass is 263 g/mol. The quantitative estimate of drug-likeness (QED) is 0.774. The molecule has 2 rings (SSSR count). The summed E-state index contributed by atoms with van der Waals surface area (Å²) in [5.74, 6) is 1.88. The van der Waals surface area contributed by atoms with Crippen LogP contribution in [0, 0.1) is 0 Å². The van der Waals surface area contributed by atoms with Crippen LogP contribution in [0.2, 0.25) is 0 Å². The van der Waals surface area contributed by atoms with E-state index in [2.05, 4.69) is 36.1 Å². The Bertz CT molecular complexity index is 479. The fourth-order valence-electron chi connectivity index (χ4n) is 2.06. The van der Waals surface area contributed by atoms with Crippen molar-refractivity contribution in [3.63, 3.8) is 0 Å². The van der Waals surface area contributed by atoms with E-state index in [1.54, 1.807) is 6.33 Å². The summed E-state index contributed by atoms with van der Waals surface area (Å²) in [6, 6.07) is 10.7. The fourth-order valence-corrected chi connectivity index (χ4v) is 2.35. The van der Waals surface area contributed by atoms with E-state index in [-0.39, 0.29) is 5.92 Å². The van der Waals surface area contributed by atoms with Gasteiger partial charge in [0.1, 0.15) is 12.2 Å². The van der Waals surface area contributed by atoms with E-state index in [4.69, 9.17) is 11.6 Å². The molecule has 1 unspecified atom stereocenters. The maximum atomic E-state index is 6.09. The van der Waals surface area contributed by atoms with Crippen molar-refractivity contribution in [2.24, 2.45) is 0 Å². The first kappa shape index (κ1) is 13.1. The van der Waals surface area contributed by atoms with Crippen LogP contribution >= 0.6 is 11.6 Å². The van der Waals surface area contributed by atoms with Crippen LogP contribution in [-0.2, 0) is 6.42 Å². The molecule has 0 N–H and O–H groups in total. The summed E-state index contributed by atoms with van der Waals surface area (Å²) in [6.45, 7) is 4.22. The second-order valence-electron chi connectivity index (χ2n) is 4.68. The highest BCUT2D eigenvalue weighted by Crippen LogP contribution is 2.22. The van der Waals surface area contributed by atoms with Crippen LogP contribution in [-0.4, -0.2) is 20.6 Å². The minimum absolute atomic E-state index is 0.287. The molecule has 0 bridgehead atoms. The largest absolute Gasteiger partial charge is 0.248 e. The number of halogens is 1. The molecule has 18 heavy (non-hydrogen) atoms. The van der Waals surface area contributed by atoms with Gasteiger partial charge in [-0.05, 0) is 19.4 Å². The average molecular weight is 264 g/mol. The predicted octanol–water partition coefficient (Wildman–Crippen LogP) is 3.42. The van der Waals surface area contributed by atoms with Crippen molar-refractivity contribution in [1.82, 2.24) is 14.8 Å². The van der Waals surface area contributed by atoms with Crippen LogP contribution in [0.15, 0.2) is 36.7 Å². The molecule has 2 aromatic rings. The van der Waals surface area contributed by atoms with Gasteiger partial charge in [0.2, 0.25) is 0 Å². The van der Waals surface area contributed by atoms with Crippen molar-refractivity contribution < 1.29 is 0 Å². The highest BCUT2D eigenvalue weighted by Gasteiger charge is 2.16. The van der Waals surface area contributed by atoms with E-state index < -0.39 is 0 Å². The van der Waals surface area contributed by atoms with Crippen LogP contribution in [0.3, 0.4) is 0 Å². The molecular formula is C14H18ClN3. The highest BCUT2D eigenvalue weighted by molar-refractivity contribution is 6.18. The first-order valence-corrected chi connectivity index (χ1v) is 6.75. The van der Waals surface area contributed by atoms with Crippen LogP contribution in [0.5, 0.6) is 0 Å². The minimum Gasteiger partial charge on any atom is -0.248 e. The summed E-state index contributed by atoms with van der Waals surface area (Å²) >= 11 is 6.09. The molecule has 0 spiro atoms. The van der Waals surface area contributed by atoms with Gasteiger partial charge in [-0.3, -0.25) is 0 Å². The Morgan fingerprint density at radius 3 is 2.56 bits per heavy atom. The Labute approximate surface area is 113 Å². The molecule has 0 aliphatic heterocycles. The maximum absolute atomic E-state index is 6.09. The van der Waals surface area contributed by atoms with Gasteiger partial charge in [0, 0.05) is 24.3 Å². The zero-order valence-corrected chi connectivity index (χ0v) is 11.5. The highest BCUT2D eigenvalue weighted by atomic mass is 35.5. The van der Waals surface area contributed by atoms with Crippen molar-refractivity contribution >= 4 is 11.6 Å². The molecule has 4 heteroatoms. The predicted molar refractivity (Wildman–Crippen MR) is 74.0 cm³/mol. The van der Waals surface area contributed by atoms with Gasteiger partial charge in [-0.2, -0.15) is 5.10 Å². The second-order valence-corrected chi connectivity index (χ2v) is 4.99. The third-order valence-electron chi connectivity index (χ3n) is 3.02. The van der Waals surface area contributed by atoms with Crippen molar-refractivity contribution in [3.8, 4) is 0 Å². The summed E-state index contributed by atoms with van der Waals surface area (Å²) in [4.78, 5) is 4.34. The number of hydrogen-bond donors (Lipinski definition) is 0. The van der Waals surface area contributed by atoms with Gasteiger partial charge in [0.25, 0.3) is 0 Å². The lowest BCUT2D eigenvalue weighted by Gasteiger charge is -2.15. The summed E-state index contributed by atoms with van der Waals surface area (Å²) in [5, 5.41) is 4.26. The summed E-state index contributed by atoms with van der Waals surface area (Å²) < 4.78 is 1.96. The molecule has 0 aliphatic rings. The average Bonchev–Trinajstić information content (AvgIpc) is 2.85. The zero-order valence-electron chi connectivity index (χ0n) is 10.8. The number of hydrogen-bond acceptors (Lipinski definition) is 2. The lowest BCUT2D eigenvalue weighted by Crippen LogP contribution is -2.13. The molecule has 0 fully saturated rings. The van der Waals surface area contributed by atoms with Crippen LogP contribution < -0.4 is 0 Å². The van der Waals surface area contributed by atoms with Gasteiger partial charge in [-0.1, -0.05) is 30.3 Å². The topological polar surface area (TPSA) is 30.7 Å². The normalized spacial score (nSPS) is 12.9. The molecule has 0 amide bonds. The molecule has 96 valence electrons. The SMILES string of the molecule is CC(C)n1ncnc1CC(CCl)c1ccccc1. The molecule has 3 nitrogen and oxygen atoms in total. The Morgan fingerprint density at radius 2 is 1.94 bits per heavy atom. The van der Waals surface area contributed by atoms with Crippen molar-refractivity contribution in [2.75, 3.05) is 5.88 Å². The number of benzene rings is 1. The van der Waals surface area contributed by atoms with Crippen LogP contribution in [0.4, 0.5) is 0 Å². The van der Waals surface area contributed by atoms with Crippen LogP contribution in [0.25, 0.3) is 0 Å². The van der Waals surface area contributed by atoms with Gasteiger partial charge >= 0.3 is 0 Å². The molecular weight excluding hydrogens is 246 g/mol. The number of rotatable bonds is 5. The lowest BCUT2D eigenvalue weighted by atomic mass is 9.97. The first-order valence-electron chi connectivity index (χ1n) is 6.21. The van der Waals surface area contributed by atoms with E-state index in [9.17, 15) is 0 Å². The van der Waals surface area contributed by atoms with Crippen molar-refractivity contribution in [3.05, 3.63) is 48.0 Å². The number of alkyl halides is 1. The first-order chi connectivity index (χ1) is 8.72. The van der Waals surface area contributed by atoms with Gasteiger partial charge in [-0.15, -0.1) is 11.6 Å². The molecule has 0 radical (unpaired) electrons. The Kier molecular flexibility index (Phi) is 4.37. The molecule has 0 saturated heterocycles. The molecule has 0 aliphatic carbocycles. The van der Waals surface area contributed by atoms with Gasteiger partial charge in [0.15, 0.2) is 0 Å². The third-order valence-corrected chi connectivity index (χ3v) is 3.40. The number of nitrogens with zero attached hydrogens (tertiary/aromatic N) is 3.